The second-order valence-corrected chi connectivity index (χ2v) is 6.90. The molecule has 4 aromatic rings. The zero-order valence-corrected chi connectivity index (χ0v) is 16.9. The highest BCUT2D eigenvalue weighted by molar-refractivity contribution is 6.05. The number of hydrogen-bond donors (Lipinski definition) is 1. The predicted octanol–water partition coefficient (Wildman–Crippen LogP) is 4.46. The number of aromatic nitrogens is 4. The number of halogens is 3. The summed E-state index contributed by atoms with van der Waals surface area (Å²) in [7, 11) is 1.85. The molecule has 1 amide bonds. The number of hydrogen-bond acceptors (Lipinski definition) is 4. The van der Waals surface area contributed by atoms with Crippen molar-refractivity contribution in [1.29, 1.82) is 0 Å². The molecule has 4 rings (SSSR count). The van der Waals surface area contributed by atoms with Crippen LogP contribution in [0.4, 0.5) is 18.9 Å². The van der Waals surface area contributed by atoms with Gasteiger partial charge in [0.1, 0.15) is 18.2 Å². The predicted molar refractivity (Wildman–Crippen MR) is 111 cm³/mol. The maximum absolute atomic E-state index is 13.2. The lowest BCUT2D eigenvalue weighted by atomic mass is 10.1. The number of aryl methyl sites for hydroxylation is 1. The fourth-order valence-electron chi connectivity index (χ4n) is 3.00. The van der Waals surface area contributed by atoms with Crippen LogP contribution in [0, 0.1) is 0 Å². The Balaban J connectivity index is 1.52. The molecular weight excluding hydrogens is 423 g/mol. The normalized spacial score (nSPS) is 11.4. The molecule has 1 N–H and O–H groups in total. The third-order valence-corrected chi connectivity index (χ3v) is 4.73. The number of amides is 1. The van der Waals surface area contributed by atoms with E-state index in [1.807, 2.05) is 11.6 Å². The number of imidazole rings is 1. The summed E-state index contributed by atoms with van der Waals surface area (Å²) in [5.74, 6) is 0.705. The molecule has 0 aliphatic carbocycles. The number of benzene rings is 2. The lowest BCUT2D eigenvalue weighted by molar-refractivity contribution is -0.137. The summed E-state index contributed by atoms with van der Waals surface area (Å²) in [4.78, 5) is 16.9. The standard InChI is InChI=1S/C22H18F3N5O2/c1-29-12-10-26-20(29)14-32-17-6-3-15(4-7-17)21(31)28-18-13-16(22(23,24)25)5-8-19(18)30-11-2-9-27-30/h2-13H,14H2,1H3,(H,28,31). The van der Waals surface area contributed by atoms with E-state index in [0.717, 1.165) is 18.0 Å². The molecule has 164 valence electrons. The Morgan fingerprint density at radius 1 is 1.09 bits per heavy atom. The number of anilines is 1. The van der Waals surface area contributed by atoms with Crippen LogP contribution in [-0.2, 0) is 19.8 Å². The summed E-state index contributed by atoms with van der Waals surface area (Å²) in [6.07, 6.45) is 1.99. The fourth-order valence-corrected chi connectivity index (χ4v) is 3.00. The van der Waals surface area contributed by atoms with Gasteiger partial charge in [-0.2, -0.15) is 18.3 Å². The average Bonchev–Trinajstić information content (AvgIpc) is 3.44. The van der Waals surface area contributed by atoms with Gasteiger partial charge in [0.15, 0.2) is 0 Å². The highest BCUT2D eigenvalue weighted by Crippen LogP contribution is 2.33. The number of rotatable bonds is 6. The molecule has 7 nitrogen and oxygen atoms in total. The Morgan fingerprint density at radius 3 is 2.50 bits per heavy atom. The fraction of sp³-hybridized carbons (Fsp3) is 0.136. The van der Waals surface area contributed by atoms with E-state index >= 15 is 0 Å². The van der Waals surface area contributed by atoms with E-state index in [9.17, 15) is 18.0 Å². The minimum atomic E-state index is -4.55. The third-order valence-electron chi connectivity index (χ3n) is 4.73. The molecular formula is C22H18F3N5O2. The van der Waals surface area contributed by atoms with Crippen LogP contribution in [0.3, 0.4) is 0 Å². The van der Waals surface area contributed by atoms with E-state index in [-0.39, 0.29) is 17.9 Å². The number of alkyl halides is 3. The first-order valence-electron chi connectivity index (χ1n) is 9.53. The van der Waals surface area contributed by atoms with Gasteiger partial charge in [-0.25, -0.2) is 9.67 Å². The molecule has 2 aromatic heterocycles. The quantitative estimate of drug-likeness (QED) is 0.480. The Labute approximate surface area is 181 Å². The van der Waals surface area contributed by atoms with Crippen LogP contribution in [0.2, 0.25) is 0 Å². The van der Waals surface area contributed by atoms with E-state index in [4.69, 9.17) is 4.74 Å². The lowest BCUT2D eigenvalue weighted by Crippen LogP contribution is -2.15. The van der Waals surface area contributed by atoms with Crippen LogP contribution in [-0.4, -0.2) is 25.2 Å². The molecule has 0 bridgehead atoms. The third kappa shape index (κ3) is 4.64. The topological polar surface area (TPSA) is 74.0 Å². The first kappa shape index (κ1) is 21.2. The van der Waals surface area contributed by atoms with Crippen molar-refractivity contribution >= 4 is 11.6 Å². The molecule has 10 heteroatoms. The van der Waals surface area contributed by atoms with E-state index in [0.29, 0.717) is 11.4 Å². The van der Waals surface area contributed by atoms with Gasteiger partial charge in [0.05, 0.1) is 16.9 Å². The van der Waals surface area contributed by atoms with Crippen molar-refractivity contribution in [1.82, 2.24) is 19.3 Å². The minimum Gasteiger partial charge on any atom is -0.486 e. The summed E-state index contributed by atoms with van der Waals surface area (Å²) < 4.78 is 48.4. The molecule has 0 atom stereocenters. The highest BCUT2D eigenvalue weighted by Gasteiger charge is 2.31. The summed E-state index contributed by atoms with van der Waals surface area (Å²) >= 11 is 0. The number of nitrogens with zero attached hydrogens (tertiary/aromatic N) is 4. The van der Waals surface area contributed by atoms with Crippen molar-refractivity contribution in [3.05, 3.63) is 90.3 Å². The van der Waals surface area contributed by atoms with Crippen molar-refractivity contribution in [3.63, 3.8) is 0 Å². The number of carbonyl (C=O) groups is 1. The molecule has 0 saturated carbocycles. The maximum Gasteiger partial charge on any atom is 0.416 e. The van der Waals surface area contributed by atoms with Gasteiger partial charge in [-0.3, -0.25) is 4.79 Å². The van der Waals surface area contributed by atoms with Gasteiger partial charge in [-0.05, 0) is 48.5 Å². The summed E-state index contributed by atoms with van der Waals surface area (Å²) in [6, 6.07) is 11.0. The lowest BCUT2D eigenvalue weighted by Gasteiger charge is -2.15. The van der Waals surface area contributed by atoms with Gasteiger partial charge < -0.3 is 14.6 Å². The zero-order chi connectivity index (χ0) is 22.7. The molecule has 2 heterocycles. The molecule has 2 aromatic carbocycles. The summed E-state index contributed by atoms with van der Waals surface area (Å²) in [5.41, 5.74) is -0.310. The number of ether oxygens (including phenoxy) is 1. The van der Waals surface area contributed by atoms with E-state index in [1.54, 1.807) is 36.8 Å². The first-order chi connectivity index (χ1) is 15.3. The van der Waals surface area contributed by atoms with Gasteiger partial charge in [0.2, 0.25) is 0 Å². The first-order valence-corrected chi connectivity index (χ1v) is 9.53. The number of carbonyl (C=O) groups excluding carboxylic acids is 1. The maximum atomic E-state index is 13.2. The van der Waals surface area contributed by atoms with Crippen LogP contribution in [0.1, 0.15) is 21.7 Å². The Morgan fingerprint density at radius 2 is 1.88 bits per heavy atom. The Kier molecular flexibility index (Phi) is 5.67. The average molecular weight is 441 g/mol. The molecule has 0 radical (unpaired) electrons. The molecule has 32 heavy (non-hydrogen) atoms. The smallest absolute Gasteiger partial charge is 0.416 e. The van der Waals surface area contributed by atoms with Crippen molar-refractivity contribution in [2.24, 2.45) is 7.05 Å². The van der Waals surface area contributed by atoms with Crippen molar-refractivity contribution in [3.8, 4) is 11.4 Å². The Bertz CT molecular complexity index is 1220. The van der Waals surface area contributed by atoms with Gasteiger partial charge in [-0.1, -0.05) is 0 Å². The molecule has 0 saturated heterocycles. The van der Waals surface area contributed by atoms with Gasteiger partial charge >= 0.3 is 6.18 Å². The molecule has 0 aliphatic rings. The molecule has 0 aliphatic heterocycles. The van der Waals surface area contributed by atoms with E-state index in [1.165, 1.54) is 29.1 Å². The Hall–Kier alpha value is -4.08. The van der Waals surface area contributed by atoms with E-state index < -0.39 is 17.6 Å². The van der Waals surface area contributed by atoms with Crippen LogP contribution < -0.4 is 10.1 Å². The highest BCUT2D eigenvalue weighted by atomic mass is 19.4. The summed E-state index contributed by atoms with van der Waals surface area (Å²) in [5, 5.41) is 6.59. The van der Waals surface area contributed by atoms with Crippen molar-refractivity contribution < 1.29 is 22.7 Å². The summed E-state index contributed by atoms with van der Waals surface area (Å²) in [6.45, 7) is 0.256. The number of nitrogens with one attached hydrogen (secondary N) is 1. The molecule has 0 unspecified atom stereocenters. The van der Waals surface area contributed by atoms with Crippen LogP contribution in [0.5, 0.6) is 5.75 Å². The molecule has 0 fully saturated rings. The monoisotopic (exact) mass is 441 g/mol. The SMILES string of the molecule is Cn1ccnc1COc1ccc(C(=O)Nc2cc(C(F)(F)F)ccc2-n2cccn2)cc1. The second-order valence-electron chi connectivity index (χ2n) is 6.90. The molecule has 0 spiro atoms. The second kappa shape index (κ2) is 8.58. The van der Waals surface area contributed by atoms with Crippen LogP contribution in [0.25, 0.3) is 5.69 Å². The van der Waals surface area contributed by atoms with Gasteiger partial charge in [-0.15, -0.1) is 0 Å². The minimum absolute atomic E-state index is 0.0105. The van der Waals surface area contributed by atoms with Crippen LogP contribution >= 0.6 is 0 Å². The van der Waals surface area contributed by atoms with Crippen molar-refractivity contribution in [2.75, 3.05) is 5.32 Å². The van der Waals surface area contributed by atoms with E-state index in [2.05, 4.69) is 15.4 Å². The zero-order valence-electron chi connectivity index (χ0n) is 16.9. The van der Waals surface area contributed by atoms with Gasteiger partial charge in [0, 0.05) is 37.4 Å². The van der Waals surface area contributed by atoms with Crippen LogP contribution in [0.15, 0.2) is 73.3 Å². The van der Waals surface area contributed by atoms with Crippen molar-refractivity contribution in [2.45, 2.75) is 12.8 Å². The largest absolute Gasteiger partial charge is 0.486 e. The van der Waals surface area contributed by atoms with Gasteiger partial charge in [0.25, 0.3) is 5.91 Å².